The van der Waals surface area contributed by atoms with Gasteiger partial charge in [-0.15, -0.1) is 0 Å². The van der Waals surface area contributed by atoms with Crippen LogP contribution in [-0.4, -0.2) is 17.2 Å². The second-order valence-corrected chi connectivity index (χ2v) is 2.22. The summed E-state index contributed by atoms with van der Waals surface area (Å²) in [4.78, 5) is 9.94. The summed E-state index contributed by atoms with van der Waals surface area (Å²) < 4.78 is 4.71. The van der Waals surface area contributed by atoms with Crippen molar-refractivity contribution in [2.45, 2.75) is 13.8 Å². The van der Waals surface area contributed by atoms with Crippen molar-refractivity contribution in [2.75, 3.05) is 0 Å². The molecule has 0 saturated carbocycles. The maximum Gasteiger partial charge on any atom is 0.523 e. The minimum Gasteiger partial charge on any atom is -0.425 e. The molecule has 0 saturated heterocycles. The number of nitroso groups, excluding NO2 is 1. The summed E-state index contributed by atoms with van der Waals surface area (Å²) in [6, 6.07) is 0. The van der Waals surface area contributed by atoms with Crippen LogP contribution in [0.4, 0.5) is 0 Å². The Balaban J connectivity index is 3.09. The third-order valence-corrected chi connectivity index (χ3v) is 1.45. The molecule has 0 atom stereocenters. The van der Waals surface area contributed by atoms with Crippen molar-refractivity contribution in [1.29, 1.82) is 0 Å². The van der Waals surface area contributed by atoms with Gasteiger partial charge in [0.05, 0.1) is 5.69 Å². The van der Waals surface area contributed by atoms with Gasteiger partial charge in [0, 0.05) is 5.46 Å². The number of aryl methyl sites for hydroxylation is 2. The zero-order chi connectivity index (χ0) is 8.43. The van der Waals surface area contributed by atoms with E-state index < -0.39 is 7.05 Å². The minimum atomic E-state index is -1.36. The van der Waals surface area contributed by atoms with E-state index in [-0.39, 0.29) is 0 Å². The summed E-state index contributed by atoms with van der Waals surface area (Å²) in [5.74, 6) is 0.426. The van der Waals surface area contributed by atoms with Crippen LogP contribution in [0.25, 0.3) is 0 Å². The smallest absolute Gasteiger partial charge is 0.425 e. The first-order chi connectivity index (χ1) is 5.16. The normalized spacial score (nSPS) is 9.73. The maximum absolute atomic E-state index is 9.94. The topological polar surface area (TPSA) is 75.7 Å². The molecule has 11 heavy (non-hydrogen) atoms. The molecule has 58 valence electrons. The highest BCUT2D eigenvalue weighted by Gasteiger charge is 2.24. The molecule has 1 rings (SSSR count). The van der Waals surface area contributed by atoms with E-state index in [0.29, 0.717) is 16.9 Å². The monoisotopic (exact) mass is 154 g/mol. The SMILES string of the molecule is Cc1noc(C)c1B(O)N=O. The molecule has 0 aliphatic rings. The fraction of sp³-hybridized carbons (Fsp3) is 0.400. The van der Waals surface area contributed by atoms with Gasteiger partial charge in [0.25, 0.3) is 0 Å². The fourth-order valence-electron chi connectivity index (χ4n) is 0.911. The van der Waals surface area contributed by atoms with Crippen LogP contribution in [0.15, 0.2) is 9.61 Å². The van der Waals surface area contributed by atoms with Gasteiger partial charge in [-0.3, -0.25) is 0 Å². The van der Waals surface area contributed by atoms with Crippen molar-refractivity contribution in [3.8, 4) is 0 Å². The first kappa shape index (κ1) is 7.94. The Kier molecular flexibility index (Phi) is 2.04. The molecule has 0 spiro atoms. The Morgan fingerprint density at radius 2 is 2.27 bits per heavy atom. The zero-order valence-electron chi connectivity index (χ0n) is 6.24. The number of rotatable bonds is 2. The van der Waals surface area contributed by atoms with E-state index in [0.717, 1.165) is 0 Å². The molecule has 1 aromatic heterocycles. The maximum atomic E-state index is 9.94. The third-order valence-electron chi connectivity index (χ3n) is 1.45. The lowest BCUT2D eigenvalue weighted by molar-refractivity contribution is 0.394. The number of nitrogens with zero attached hydrogens (tertiary/aromatic N) is 2. The van der Waals surface area contributed by atoms with Crippen molar-refractivity contribution in [1.82, 2.24) is 5.16 Å². The van der Waals surface area contributed by atoms with Crippen molar-refractivity contribution < 1.29 is 9.55 Å². The van der Waals surface area contributed by atoms with E-state index in [1.165, 1.54) is 0 Å². The zero-order valence-corrected chi connectivity index (χ0v) is 6.24. The molecular formula is C5H7BN2O3. The molecule has 1 N–H and O–H groups in total. The summed E-state index contributed by atoms with van der Waals surface area (Å²) in [5.41, 5.74) is 0.856. The van der Waals surface area contributed by atoms with Crippen molar-refractivity contribution in [3.63, 3.8) is 0 Å². The van der Waals surface area contributed by atoms with Crippen LogP contribution in [0.3, 0.4) is 0 Å². The summed E-state index contributed by atoms with van der Waals surface area (Å²) in [7, 11) is -1.36. The Bertz CT molecular complexity index is 253. The molecule has 5 nitrogen and oxygen atoms in total. The lowest BCUT2D eigenvalue weighted by Crippen LogP contribution is -2.30. The van der Waals surface area contributed by atoms with Gasteiger partial charge in [0.15, 0.2) is 0 Å². The predicted molar refractivity (Wildman–Crippen MR) is 39.4 cm³/mol. The van der Waals surface area contributed by atoms with E-state index in [4.69, 9.17) is 9.55 Å². The Morgan fingerprint density at radius 1 is 1.64 bits per heavy atom. The molecular weight excluding hydrogens is 147 g/mol. The molecule has 0 fully saturated rings. The van der Waals surface area contributed by atoms with Crippen LogP contribution in [0, 0.1) is 18.8 Å². The van der Waals surface area contributed by atoms with Crippen molar-refractivity contribution in [2.24, 2.45) is 5.09 Å². The Hall–Kier alpha value is -1.17. The molecule has 0 bridgehead atoms. The number of hydrogen-bond acceptors (Lipinski definition) is 5. The summed E-state index contributed by atoms with van der Waals surface area (Å²) in [6.07, 6.45) is 0. The van der Waals surface area contributed by atoms with Gasteiger partial charge < -0.3 is 9.55 Å². The van der Waals surface area contributed by atoms with E-state index in [2.05, 4.69) is 10.2 Å². The van der Waals surface area contributed by atoms with Gasteiger partial charge in [-0.05, 0) is 13.8 Å². The molecule has 0 unspecified atom stereocenters. The average molecular weight is 154 g/mol. The lowest BCUT2D eigenvalue weighted by Gasteiger charge is -1.92. The van der Waals surface area contributed by atoms with Crippen LogP contribution in [0.5, 0.6) is 0 Å². The highest BCUT2D eigenvalue weighted by atomic mass is 16.5. The molecule has 0 amide bonds. The molecule has 1 aromatic rings. The Labute approximate surface area is 63.5 Å². The molecule has 6 heteroatoms. The molecule has 0 radical (unpaired) electrons. The second kappa shape index (κ2) is 2.83. The lowest BCUT2D eigenvalue weighted by atomic mass is 9.74. The Morgan fingerprint density at radius 3 is 2.64 bits per heavy atom. The summed E-state index contributed by atoms with van der Waals surface area (Å²) >= 11 is 0. The van der Waals surface area contributed by atoms with E-state index >= 15 is 0 Å². The van der Waals surface area contributed by atoms with Gasteiger partial charge in [0.2, 0.25) is 0 Å². The van der Waals surface area contributed by atoms with Crippen molar-refractivity contribution in [3.05, 3.63) is 16.4 Å². The first-order valence-electron chi connectivity index (χ1n) is 3.10. The fourth-order valence-corrected chi connectivity index (χ4v) is 0.911. The summed E-state index contributed by atoms with van der Waals surface area (Å²) in [5, 5.41) is 15.0. The summed E-state index contributed by atoms with van der Waals surface area (Å²) in [6.45, 7) is 3.25. The third kappa shape index (κ3) is 1.30. The molecule has 0 aliphatic carbocycles. The number of hydrogen-bond donors (Lipinski definition) is 1. The van der Waals surface area contributed by atoms with Crippen molar-refractivity contribution >= 4 is 12.5 Å². The van der Waals surface area contributed by atoms with Gasteiger partial charge in [-0.25, -0.2) is 0 Å². The van der Waals surface area contributed by atoms with Gasteiger partial charge in [-0.1, -0.05) is 10.2 Å². The van der Waals surface area contributed by atoms with Gasteiger partial charge >= 0.3 is 7.05 Å². The quantitative estimate of drug-likeness (QED) is 0.470. The largest absolute Gasteiger partial charge is 0.523 e. The highest BCUT2D eigenvalue weighted by molar-refractivity contribution is 6.65. The predicted octanol–water partition coefficient (Wildman–Crippen LogP) is -0.255. The van der Waals surface area contributed by atoms with E-state index in [9.17, 15) is 4.91 Å². The van der Waals surface area contributed by atoms with Gasteiger partial charge in [-0.2, -0.15) is 4.91 Å². The van der Waals surface area contributed by atoms with Crippen LogP contribution in [0.1, 0.15) is 11.5 Å². The second-order valence-electron chi connectivity index (χ2n) is 2.22. The highest BCUT2D eigenvalue weighted by Crippen LogP contribution is 1.98. The average Bonchev–Trinajstić information content (AvgIpc) is 2.30. The molecule has 0 aliphatic heterocycles. The van der Waals surface area contributed by atoms with Crippen LogP contribution in [-0.2, 0) is 0 Å². The molecule has 1 heterocycles. The van der Waals surface area contributed by atoms with Crippen LogP contribution >= 0.6 is 0 Å². The number of aromatic nitrogens is 1. The standard InChI is InChI=1S/C5H7BN2O3/c1-3-5(6(9)8-10)4(2)11-7-3/h9H,1-2H3. The van der Waals surface area contributed by atoms with Crippen LogP contribution < -0.4 is 5.46 Å². The van der Waals surface area contributed by atoms with Crippen LogP contribution in [0.2, 0.25) is 0 Å². The van der Waals surface area contributed by atoms with E-state index in [1.54, 1.807) is 13.8 Å². The van der Waals surface area contributed by atoms with E-state index in [1.807, 2.05) is 0 Å². The first-order valence-corrected chi connectivity index (χ1v) is 3.10. The van der Waals surface area contributed by atoms with Gasteiger partial charge in [0.1, 0.15) is 5.76 Å². The minimum absolute atomic E-state index is 0.361. The molecule has 0 aromatic carbocycles.